The minimum absolute atomic E-state index is 0.189. The number of hydrogen-bond acceptors (Lipinski definition) is 2. The van der Waals surface area contributed by atoms with Crippen molar-refractivity contribution < 1.29 is 13.9 Å². The molecule has 0 heterocycles. The van der Waals surface area contributed by atoms with E-state index >= 15 is 0 Å². The van der Waals surface area contributed by atoms with Gasteiger partial charge in [0.05, 0.1) is 7.11 Å². The van der Waals surface area contributed by atoms with Crippen molar-refractivity contribution in [2.75, 3.05) is 7.11 Å². The van der Waals surface area contributed by atoms with Gasteiger partial charge in [0.2, 0.25) is 0 Å². The van der Waals surface area contributed by atoms with Crippen LogP contribution in [0.4, 0.5) is 4.39 Å². The van der Waals surface area contributed by atoms with Crippen molar-refractivity contribution in [2.24, 2.45) is 0 Å². The lowest BCUT2D eigenvalue weighted by Crippen LogP contribution is -2.22. The predicted octanol–water partition coefficient (Wildman–Crippen LogP) is 3.07. The van der Waals surface area contributed by atoms with Crippen LogP contribution in [-0.2, 0) is 6.54 Å². The van der Waals surface area contributed by atoms with Crippen molar-refractivity contribution in [3.8, 4) is 5.75 Å². The maximum atomic E-state index is 13.1. The summed E-state index contributed by atoms with van der Waals surface area (Å²) in [4.78, 5) is 12.0. The first-order chi connectivity index (χ1) is 9.60. The number of aryl methyl sites for hydroxylation is 1. The second-order valence-corrected chi connectivity index (χ2v) is 4.50. The van der Waals surface area contributed by atoms with E-state index in [2.05, 4.69) is 5.32 Å². The summed E-state index contributed by atoms with van der Waals surface area (Å²) in [6.07, 6.45) is 0. The van der Waals surface area contributed by atoms with Gasteiger partial charge in [-0.2, -0.15) is 0 Å². The fourth-order valence-corrected chi connectivity index (χ4v) is 1.87. The topological polar surface area (TPSA) is 38.3 Å². The third kappa shape index (κ3) is 3.35. The van der Waals surface area contributed by atoms with Crippen LogP contribution in [-0.4, -0.2) is 13.0 Å². The van der Waals surface area contributed by atoms with Crippen LogP contribution in [0.1, 0.15) is 21.5 Å². The molecule has 104 valence electrons. The van der Waals surface area contributed by atoms with Crippen molar-refractivity contribution >= 4 is 5.91 Å². The summed E-state index contributed by atoms with van der Waals surface area (Å²) in [5.41, 5.74) is 1.96. The summed E-state index contributed by atoms with van der Waals surface area (Å²) in [5, 5.41) is 2.80. The van der Waals surface area contributed by atoms with Gasteiger partial charge in [-0.3, -0.25) is 4.79 Å². The summed E-state index contributed by atoms with van der Waals surface area (Å²) in [6, 6.07) is 11.7. The molecule has 1 N–H and O–H groups in total. The molecule has 20 heavy (non-hydrogen) atoms. The molecular weight excluding hydrogens is 257 g/mol. The highest BCUT2D eigenvalue weighted by Gasteiger charge is 2.07. The summed E-state index contributed by atoms with van der Waals surface area (Å²) < 4.78 is 18.2. The predicted molar refractivity (Wildman–Crippen MR) is 75.3 cm³/mol. The van der Waals surface area contributed by atoms with Gasteiger partial charge in [0.25, 0.3) is 5.91 Å². The van der Waals surface area contributed by atoms with Crippen molar-refractivity contribution in [1.82, 2.24) is 5.32 Å². The lowest BCUT2D eigenvalue weighted by Gasteiger charge is -2.07. The molecule has 0 fully saturated rings. The monoisotopic (exact) mass is 273 g/mol. The van der Waals surface area contributed by atoms with Gasteiger partial charge in [-0.05, 0) is 42.3 Å². The first kappa shape index (κ1) is 14.1. The molecule has 0 aliphatic carbocycles. The molecular formula is C16H16FNO2. The van der Waals surface area contributed by atoms with Crippen molar-refractivity contribution in [3.63, 3.8) is 0 Å². The van der Waals surface area contributed by atoms with E-state index in [-0.39, 0.29) is 11.7 Å². The minimum atomic E-state index is -0.243. The lowest BCUT2D eigenvalue weighted by atomic mass is 10.1. The standard InChI is InChI=1S/C16H16FNO2/c1-11-8-12(6-7-15(11)17)10-18-16(19)13-4-3-5-14(9-13)20-2/h3-9H,10H2,1-2H3,(H,18,19). The number of rotatable bonds is 4. The van der Waals surface area contributed by atoms with Gasteiger partial charge in [0.1, 0.15) is 11.6 Å². The third-order valence-corrected chi connectivity index (χ3v) is 3.01. The van der Waals surface area contributed by atoms with E-state index in [4.69, 9.17) is 4.74 Å². The highest BCUT2D eigenvalue weighted by atomic mass is 19.1. The zero-order chi connectivity index (χ0) is 14.5. The van der Waals surface area contributed by atoms with E-state index in [0.29, 0.717) is 23.4 Å². The molecule has 2 aromatic carbocycles. The molecule has 4 heteroatoms. The van der Waals surface area contributed by atoms with Crippen LogP contribution in [0.25, 0.3) is 0 Å². The first-order valence-corrected chi connectivity index (χ1v) is 6.27. The van der Waals surface area contributed by atoms with Crippen LogP contribution in [0.3, 0.4) is 0 Å². The van der Waals surface area contributed by atoms with Crippen LogP contribution in [0, 0.1) is 12.7 Å². The average molecular weight is 273 g/mol. The third-order valence-electron chi connectivity index (χ3n) is 3.01. The molecule has 0 bridgehead atoms. The molecule has 1 amide bonds. The fourth-order valence-electron chi connectivity index (χ4n) is 1.87. The number of amides is 1. The van der Waals surface area contributed by atoms with Crippen LogP contribution >= 0.6 is 0 Å². The van der Waals surface area contributed by atoms with E-state index in [1.54, 1.807) is 50.4 Å². The molecule has 0 spiro atoms. The number of hydrogen-bond donors (Lipinski definition) is 1. The Labute approximate surface area is 117 Å². The summed E-state index contributed by atoms with van der Waals surface area (Å²) in [7, 11) is 1.55. The molecule has 0 aliphatic heterocycles. The number of ether oxygens (including phenoxy) is 1. The van der Waals surface area contributed by atoms with E-state index in [9.17, 15) is 9.18 Å². The number of halogens is 1. The number of benzene rings is 2. The molecule has 2 rings (SSSR count). The van der Waals surface area contributed by atoms with Gasteiger partial charge in [0.15, 0.2) is 0 Å². The highest BCUT2D eigenvalue weighted by molar-refractivity contribution is 5.94. The van der Waals surface area contributed by atoms with E-state index in [1.165, 1.54) is 6.07 Å². The van der Waals surface area contributed by atoms with E-state index in [0.717, 1.165) is 5.56 Å². The van der Waals surface area contributed by atoms with Gasteiger partial charge in [0, 0.05) is 12.1 Å². The highest BCUT2D eigenvalue weighted by Crippen LogP contribution is 2.13. The zero-order valence-corrected chi connectivity index (χ0v) is 11.4. The first-order valence-electron chi connectivity index (χ1n) is 6.27. The Balaban J connectivity index is 2.02. The molecule has 3 nitrogen and oxygen atoms in total. The quantitative estimate of drug-likeness (QED) is 0.929. The molecule has 0 aliphatic rings. The normalized spacial score (nSPS) is 10.2. The number of carbonyl (C=O) groups is 1. The van der Waals surface area contributed by atoms with Gasteiger partial charge < -0.3 is 10.1 Å². The smallest absolute Gasteiger partial charge is 0.251 e. The number of methoxy groups -OCH3 is 1. The zero-order valence-electron chi connectivity index (χ0n) is 11.4. The van der Waals surface area contributed by atoms with E-state index < -0.39 is 0 Å². The summed E-state index contributed by atoms with van der Waals surface area (Å²) in [5.74, 6) is 0.203. The number of carbonyl (C=O) groups excluding carboxylic acids is 1. The van der Waals surface area contributed by atoms with Gasteiger partial charge >= 0.3 is 0 Å². The molecule has 0 radical (unpaired) electrons. The average Bonchev–Trinajstić information content (AvgIpc) is 2.48. The second kappa shape index (κ2) is 6.19. The molecule has 0 saturated heterocycles. The minimum Gasteiger partial charge on any atom is -0.497 e. The van der Waals surface area contributed by atoms with Crippen molar-refractivity contribution in [3.05, 3.63) is 65.0 Å². The largest absolute Gasteiger partial charge is 0.497 e. The van der Waals surface area contributed by atoms with E-state index in [1.807, 2.05) is 0 Å². The Morgan fingerprint density at radius 3 is 2.75 bits per heavy atom. The SMILES string of the molecule is COc1cccc(C(=O)NCc2ccc(F)c(C)c2)c1. The van der Waals surface area contributed by atoms with Gasteiger partial charge in [-0.1, -0.05) is 18.2 Å². The Hall–Kier alpha value is -2.36. The van der Waals surface area contributed by atoms with Crippen LogP contribution in [0.2, 0.25) is 0 Å². The van der Waals surface area contributed by atoms with Crippen LogP contribution in [0.5, 0.6) is 5.75 Å². The molecule has 0 unspecified atom stereocenters. The molecule has 2 aromatic rings. The van der Waals surface area contributed by atoms with Gasteiger partial charge in [-0.25, -0.2) is 4.39 Å². The Morgan fingerprint density at radius 2 is 2.05 bits per heavy atom. The molecule has 0 saturated carbocycles. The Kier molecular flexibility index (Phi) is 4.35. The molecule has 0 atom stereocenters. The van der Waals surface area contributed by atoms with Crippen LogP contribution in [0.15, 0.2) is 42.5 Å². The number of nitrogens with one attached hydrogen (secondary N) is 1. The van der Waals surface area contributed by atoms with Gasteiger partial charge in [-0.15, -0.1) is 0 Å². The Morgan fingerprint density at radius 1 is 1.25 bits per heavy atom. The Bertz CT molecular complexity index is 626. The summed E-state index contributed by atoms with van der Waals surface area (Å²) >= 11 is 0. The summed E-state index contributed by atoms with van der Waals surface area (Å²) in [6.45, 7) is 2.06. The second-order valence-electron chi connectivity index (χ2n) is 4.50. The molecule has 0 aromatic heterocycles. The maximum absolute atomic E-state index is 13.1. The van der Waals surface area contributed by atoms with Crippen LogP contribution < -0.4 is 10.1 Å². The fraction of sp³-hybridized carbons (Fsp3) is 0.188. The van der Waals surface area contributed by atoms with Crippen molar-refractivity contribution in [2.45, 2.75) is 13.5 Å². The lowest BCUT2D eigenvalue weighted by molar-refractivity contribution is 0.0950. The van der Waals surface area contributed by atoms with Crippen molar-refractivity contribution in [1.29, 1.82) is 0 Å². The maximum Gasteiger partial charge on any atom is 0.251 e.